The lowest BCUT2D eigenvalue weighted by Gasteiger charge is -2.08. The number of aryl methyl sites for hydroxylation is 1. The molecule has 0 aliphatic heterocycles. The van der Waals surface area contributed by atoms with E-state index in [2.05, 4.69) is 10.3 Å². The third-order valence-electron chi connectivity index (χ3n) is 4.98. The van der Waals surface area contributed by atoms with E-state index in [0.29, 0.717) is 16.7 Å². The molecule has 0 aliphatic carbocycles. The van der Waals surface area contributed by atoms with Crippen molar-refractivity contribution in [1.82, 2.24) is 4.98 Å². The second-order valence-corrected chi connectivity index (χ2v) is 7.50. The molecule has 33 heavy (non-hydrogen) atoms. The van der Waals surface area contributed by atoms with E-state index in [0.717, 1.165) is 17.7 Å². The van der Waals surface area contributed by atoms with Gasteiger partial charge in [0, 0.05) is 16.7 Å². The van der Waals surface area contributed by atoms with Gasteiger partial charge in [-0.3, -0.25) is 10.1 Å². The van der Waals surface area contributed by atoms with Crippen molar-refractivity contribution < 1.29 is 27.5 Å². The van der Waals surface area contributed by atoms with Gasteiger partial charge in [-0.1, -0.05) is 42.5 Å². The number of oxazole rings is 1. The molecular formula is C25H19F3N2O3. The summed E-state index contributed by atoms with van der Waals surface area (Å²) in [4.78, 5) is 17.1. The third kappa shape index (κ3) is 5.06. The molecule has 3 aromatic carbocycles. The first-order valence-electron chi connectivity index (χ1n) is 10.0. The van der Waals surface area contributed by atoms with Crippen LogP contribution in [0.5, 0.6) is 5.75 Å². The van der Waals surface area contributed by atoms with E-state index in [4.69, 9.17) is 4.42 Å². The molecule has 2 N–H and O–H groups in total. The van der Waals surface area contributed by atoms with Crippen LogP contribution < -0.4 is 5.32 Å². The highest BCUT2D eigenvalue weighted by atomic mass is 19.4. The van der Waals surface area contributed by atoms with Gasteiger partial charge in [-0.05, 0) is 42.8 Å². The standard InChI is InChI=1S/C25H19F3N2O3/c1-15-7-8-18(20(31)13-15)14-21(32)29-24-22(16-9-11-19(12-10-16)25(26,27)28)30-23(33-24)17-5-3-2-4-6-17/h2-13,31H,14H2,1H3,(H,29,32). The zero-order chi connectivity index (χ0) is 23.6. The summed E-state index contributed by atoms with van der Waals surface area (Å²) in [6.45, 7) is 1.82. The maximum atomic E-state index is 13.0. The van der Waals surface area contributed by atoms with Crippen molar-refractivity contribution in [3.63, 3.8) is 0 Å². The lowest BCUT2D eigenvalue weighted by atomic mass is 10.1. The molecule has 0 aliphatic rings. The summed E-state index contributed by atoms with van der Waals surface area (Å²) in [5.74, 6) is -0.266. The van der Waals surface area contributed by atoms with Crippen molar-refractivity contribution in [3.05, 3.63) is 89.5 Å². The average Bonchev–Trinajstić information content (AvgIpc) is 3.19. The molecule has 0 unspecified atom stereocenters. The number of nitrogens with one attached hydrogen (secondary N) is 1. The van der Waals surface area contributed by atoms with Gasteiger partial charge in [0.05, 0.1) is 12.0 Å². The van der Waals surface area contributed by atoms with Gasteiger partial charge < -0.3 is 9.52 Å². The Kier molecular flexibility index (Phi) is 5.91. The van der Waals surface area contributed by atoms with Gasteiger partial charge in [-0.15, -0.1) is 0 Å². The summed E-state index contributed by atoms with van der Waals surface area (Å²) < 4.78 is 44.6. The molecule has 0 fully saturated rings. The van der Waals surface area contributed by atoms with Crippen molar-refractivity contribution in [1.29, 1.82) is 0 Å². The minimum Gasteiger partial charge on any atom is -0.508 e. The van der Waals surface area contributed by atoms with E-state index < -0.39 is 17.6 Å². The Morgan fingerprint density at radius 3 is 2.33 bits per heavy atom. The molecule has 4 rings (SSSR count). The van der Waals surface area contributed by atoms with Gasteiger partial charge in [0.15, 0.2) is 0 Å². The number of anilines is 1. The fraction of sp³-hybridized carbons (Fsp3) is 0.120. The van der Waals surface area contributed by atoms with Crippen LogP contribution in [0.1, 0.15) is 16.7 Å². The summed E-state index contributed by atoms with van der Waals surface area (Å²) in [6, 6.07) is 18.3. The molecule has 0 saturated carbocycles. The summed E-state index contributed by atoms with van der Waals surface area (Å²) in [5, 5.41) is 12.7. The molecule has 0 radical (unpaired) electrons. The normalized spacial score (nSPS) is 11.4. The maximum absolute atomic E-state index is 13.0. The van der Waals surface area contributed by atoms with Gasteiger partial charge in [0.25, 0.3) is 0 Å². The molecule has 0 atom stereocenters. The van der Waals surface area contributed by atoms with Crippen molar-refractivity contribution in [2.45, 2.75) is 19.5 Å². The van der Waals surface area contributed by atoms with Crippen LogP contribution >= 0.6 is 0 Å². The molecule has 1 amide bonds. The Morgan fingerprint density at radius 1 is 1.00 bits per heavy atom. The molecule has 0 saturated heterocycles. The zero-order valence-corrected chi connectivity index (χ0v) is 17.5. The van der Waals surface area contributed by atoms with E-state index in [1.807, 2.05) is 13.0 Å². The molecule has 1 heterocycles. The molecule has 8 heteroatoms. The number of hydrogen-bond donors (Lipinski definition) is 2. The number of carbonyl (C=O) groups is 1. The first-order chi connectivity index (χ1) is 15.7. The van der Waals surface area contributed by atoms with Crippen LogP contribution in [0.2, 0.25) is 0 Å². The van der Waals surface area contributed by atoms with Gasteiger partial charge in [0.1, 0.15) is 11.4 Å². The Labute approximate surface area is 187 Å². The number of phenols is 1. The predicted molar refractivity (Wildman–Crippen MR) is 118 cm³/mol. The number of phenolic OH excluding ortho intramolecular Hbond substituents is 1. The number of alkyl halides is 3. The first-order valence-corrected chi connectivity index (χ1v) is 10.0. The van der Waals surface area contributed by atoms with Gasteiger partial charge >= 0.3 is 6.18 Å². The SMILES string of the molecule is Cc1ccc(CC(=O)Nc2oc(-c3ccccc3)nc2-c2ccc(C(F)(F)F)cc2)c(O)c1. The van der Waals surface area contributed by atoms with Crippen molar-refractivity contribution in [2.24, 2.45) is 0 Å². The number of amides is 1. The molecule has 1 aromatic heterocycles. The summed E-state index contributed by atoms with van der Waals surface area (Å²) >= 11 is 0. The minimum absolute atomic E-state index is 0.00402. The largest absolute Gasteiger partial charge is 0.508 e. The summed E-state index contributed by atoms with van der Waals surface area (Å²) in [7, 11) is 0. The van der Waals surface area contributed by atoms with Crippen LogP contribution in [0.15, 0.2) is 77.2 Å². The van der Waals surface area contributed by atoms with E-state index in [1.165, 1.54) is 12.1 Å². The molecule has 168 valence electrons. The molecular weight excluding hydrogens is 433 g/mol. The number of aromatic hydroxyl groups is 1. The van der Waals surface area contributed by atoms with Crippen molar-refractivity contribution in [2.75, 3.05) is 5.32 Å². The predicted octanol–water partition coefficient (Wildman–Crippen LogP) is 6.22. The number of halogens is 3. The van der Waals surface area contributed by atoms with Crippen molar-refractivity contribution >= 4 is 11.8 Å². The second kappa shape index (κ2) is 8.82. The van der Waals surface area contributed by atoms with Crippen LogP contribution in [-0.2, 0) is 17.4 Å². The summed E-state index contributed by atoms with van der Waals surface area (Å²) in [5.41, 5.74) is 1.67. The lowest BCUT2D eigenvalue weighted by molar-refractivity contribution is -0.137. The number of hydrogen-bond acceptors (Lipinski definition) is 4. The minimum atomic E-state index is -4.47. The van der Waals surface area contributed by atoms with E-state index in [-0.39, 0.29) is 29.6 Å². The van der Waals surface area contributed by atoms with Crippen molar-refractivity contribution in [3.8, 4) is 28.5 Å². The second-order valence-electron chi connectivity index (χ2n) is 7.50. The van der Waals surface area contributed by atoms with Crippen LogP contribution in [0.3, 0.4) is 0 Å². The number of aromatic nitrogens is 1. The fourth-order valence-electron chi connectivity index (χ4n) is 3.29. The Balaban J connectivity index is 1.67. The molecule has 0 bridgehead atoms. The van der Waals surface area contributed by atoms with E-state index in [9.17, 15) is 23.1 Å². The molecule has 5 nitrogen and oxygen atoms in total. The molecule has 4 aromatic rings. The van der Waals surface area contributed by atoms with E-state index >= 15 is 0 Å². The highest BCUT2D eigenvalue weighted by Gasteiger charge is 2.30. The van der Waals surface area contributed by atoms with E-state index in [1.54, 1.807) is 42.5 Å². The van der Waals surface area contributed by atoms with Crippen LogP contribution in [0.4, 0.5) is 19.1 Å². The Morgan fingerprint density at radius 2 is 1.70 bits per heavy atom. The van der Waals surface area contributed by atoms with Gasteiger partial charge in [0.2, 0.25) is 17.7 Å². The fourth-order valence-corrected chi connectivity index (χ4v) is 3.29. The maximum Gasteiger partial charge on any atom is 0.416 e. The first kappa shape index (κ1) is 22.1. The lowest BCUT2D eigenvalue weighted by Crippen LogP contribution is -2.14. The van der Waals surface area contributed by atoms with Crippen LogP contribution in [-0.4, -0.2) is 16.0 Å². The Hall–Kier alpha value is -4.07. The highest BCUT2D eigenvalue weighted by molar-refractivity contribution is 5.94. The summed E-state index contributed by atoms with van der Waals surface area (Å²) in [6.07, 6.45) is -4.59. The monoisotopic (exact) mass is 452 g/mol. The van der Waals surface area contributed by atoms with Crippen LogP contribution in [0.25, 0.3) is 22.7 Å². The third-order valence-corrected chi connectivity index (χ3v) is 4.98. The number of benzene rings is 3. The van der Waals surface area contributed by atoms with Gasteiger partial charge in [-0.2, -0.15) is 13.2 Å². The zero-order valence-electron chi connectivity index (χ0n) is 17.5. The quantitative estimate of drug-likeness (QED) is 0.377. The number of nitrogens with zero attached hydrogens (tertiary/aromatic N) is 1. The average molecular weight is 452 g/mol. The number of rotatable bonds is 5. The molecule has 0 spiro atoms. The number of carbonyl (C=O) groups excluding carboxylic acids is 1. The smallest absolute Gasteiger partial charge is 0.416 e. The van der Waals surface area contributed by atoms with Gasteiger partial charge in [-0.25, -0.2) is 4.98 Å². The topological polar surface area (TPSA) is 75.4 Å². The highest BCUT2D eigenvalue weighted by Crippen LogP contribution is 2.35. The Bertz CT molecular complexity index is 1280. The van der Waals surface area contributed by atoms with Crippen LogP contribution in [0, 0.1) is 6.92 Å².